The molecule has 1 rings (SSSR count). The lowest BCUT2D eigenvalue weighted by Gasteiger charge is -2.12. The quantitative estimate of drug-likeness (QED) is 0.762. The van der Waals surface area contributed by atoms with Gasteiger partial charge in [-0.2, -0.15) is 0 Å². The van der Waals surface area contributed by atoms with Crippen molar-refractivity contribution in [3.8, 4) is 5.75 Å². The van der Waals surface area contributed by atoms with Crippen LogP contribution in [0.1, 0.15) is 22.3 Å². The predicted octanol–water partition coefficient (Wildman–Crippen LogP) is 1.55. The van der Waals surface area contributed by atoms with E-state index in [0.717, 1.165) is 5.56 Å². The van der Waals surface area contributed by atoms with Gasteiger partial charge in [-0.3, -0.25) is 4.79 Å². The van der Waals surface area contributed by atoms with Crippen molar-refractivity contribution >= 4 is 5.78 Å². The normalized spacial score (nSPS) is 12.2. The molecule has 0 spiro atoms. The van der Waals surface area contributed by atoms with E-state index in [2.05, 4.69) is 0 Å². The molecule has 17 heavy (non-hydrogen) atoms. The van der Waals surface area contributed by atoms with Crippen LogP contribution in [-0.2, 0) is 4.74 Å². The summed E-state index contributed by atoms with van der Waals surface area (Å²) in [4.78, 5) is 12.0. The molecule has 0 radical (unpaired) electrons. The van der Waals surface area contributed by atoms with E-state index in [1.54, 1.807) is 20.3 Å². The van der Waals surface area contributed by atoms with Gasteiger partial charge in [-0.25, -0.2) is 0 Å². The number of carbonyl (C=O) groups is 1. The van der Waals surface area contributed by atoms with Gasteiger partial charge in [0.05, 0.1) is 19.3 Å². The highest BCUT2D eigenvalue weighted by Gasteiger charge is 2.15. The van der Waals surface area contributed by atoms with Gasteiger partial charge in [0, 0.05) is 19.6 Å². The number of ether oxygens (including phenoxy) is 2. The lowest BCUT2D eigenvalue weighted by Crippen LogP contribution is -2.28. The summed E-state index contributed by atoms with van der Waals surface area (Å²) in [6.07, 6.45) is 0.258. The van der Waals surface area contributed by atoms with Gasteiger partial charge in [-0.05, 0) is 19.1 Å². The maximum atomic E-state index is 12.0. The van der Waals surface area contributed by atoms with Gasteiger partial charge in [0.2, 0.25) is 0 Å². The van der Waals surface area contributed by atoms with Gasteiger partial charge in [0.1, 0.15) is 5.75 Å². The zero-order valence-corrected chi connectivity index (χ0v) is 10.5. The molecule has 2 N–H and O–H groups in total. The van der Waals surface area contributed by atoms with Crippen molar-refractivity contribution in [2.24, 2.45) is 5.73 Å². The molecule has 1 unspecified atom stereocenters. The van der Waals surface area contributed by atoms with E-state index < -0.39 is 0 Å². The number of aryl methyl sites for hydroxylation is 1. The van der Waals surface area contributed by atoms with E-state index >= 15 is 0 Å². The van der Waals surface area contributed by atoms with Crippen molar-refractivity contribution < 1.29 is 14.3 Å². The molecule has 1 atom stereocenters. The molecule has 0 bridgehead atoms. The number of hydrogen-bond donors (Lipinski definition) is 1. The molecule has 0 aliphatic rings. The molecule has 0 heterocycles. The lowest BCUT2D eigenvalue weighted by atomic mass is 10.0. The van der Waals surface area contributed by atoms with Crippen LogP contribution in [0.2, 0.25) is 0 Å². The number of ketones is 1. The number of rotatable bonds is 6. The summed E-state index contributed by atoms with van der Waals surface area (Å²) in [5, 5.41) is 0. The second-order valence-electron chi connectivity index (χ2n) is 4.05. The van der Waals surface area contributed by atoms with Crippen LogP contribution in [0.5, 0.6) is 5.75 Å². The molecule has 0 fully saturated rings. The predicted molar refractivity (Wildman–Crippen MR) is 66.5 cm³/mol. The fourth-order valence-electron chi connectivity index (χ4n) is 1.66. The van der Waals surface area contributed by atoms with Crippen LogP contribution >= 0.6 is 0 Å². The van der Waals surface area contributed by atoms with E-state index in [1.165, 1.54) is 0 Å². The molecular formula is C13H19NO3. The summed E-state index contributed by atoms with van der Waals surface area (Å²) in [5.41, 5.74) is 7.37. The minimum absolute atomic E-state index is 0.0184. The topological polar surface area (TPSA) is 61.5 Å². The fraction of sp³-hybridized carbons (Fsp3) is 0.462. The number of carbonyl (C=O) groups excluding carboxylic acids is 1. The van der Waals surface area contributed by atoms with E-state index in [4.69, 9.17) is 15.2 Å². The lowest BCUT2D eigenvalue weighted by molar-refractivity contribution is 0.0946. The Morgan fingerprint density at radius 3 is 2.71 bits per heavy atom. The van der Waals surface area contributed by atoms with Gasteiger partial charge in [-0.15, -0.1) is 0 Å². The van der Waals surface area contributed by atoms with Gasteiger partial charge in [0.25, 0.3) is 0 Å². The average molecular weight is 237 g/mol. The van der Waals surface area contributed by atoms with Gasteiger partial charge < -0.3 is 15.2 Å². The van der Waals surface area contributed by atoms with Crippen molar-refractivity contribution in [2.45, 2.75) is 19.4 Å². The van der Waals surface area contributed by atoms with E-state index in [0.29, 0.717) is 17.9 Å². The molecule has 0 aromatic heterocycles. The maximum Gasteiger partial charge on any atom is 0.168 e. The third kappa shape index (κ3) is 3.84. The SMILES string of the molecule is COCC(N)CC(=O)c1cc(C)ccc1OC. The second kappa shape index (κ2) is 6.37. The third-order valence-electron chi connectivity index (χ3n) is 2.48. The Hall–Kier alpha value is -1.39. The zero-order valence-electron chi connectivity index (χ0n) is 10.5. The molecule has 0 amide bonds. The summed E-state index contributed by atoms with van der Waals surface area (Å²) < 4.78 is 10.1. The van der Waals surface area contributed by atoms with Gasteiger partial charge in [-0.1, -0.05) is 11.6 Å². The fourth-order valence-corrected chi connectivity index (χ4v) is 1.66. The maximum absolute atomic E-state index is 12.0. The number of Topliss-reactive ketones (excluding diaryl/α,β-unsaturated/α-hetero) is 1. The molecule has 1 aromatic rings. The van der Waals surface area contributed by atoms with E-state index in [1.807, 2.05) is 19.1 Å². The number of hydrogen-bond acceptors (Lipinski definition) is 4. The zero-order chi connectivity index (χ0) is 12.8. The minimum Gasteiger partial charge on any atom is -0.496 e. The molecule has 0 saturated carbocycles. The van der Waals surface area contributed by atoms with Crippen molar-refractivity contribution in [3.63, 3.8) is 0 Å². The molecular weight excluding hydrogens is 218 g/mol. The first-order chi connectivity index (χ1) is 8.08. The summed E-state index contributed by atoms with van der Waals surface area (Å²) >= 11 is 0. The molecule has 94 valence electrons. The summed E-state index contributed by atoms with van der Waals surface area (Å²) in [6.45, 7) is 2.31. The highest BCUT2D eigenvalue weighted by atomic mass is 16.5. The van der Waals surface area contributed by atoms with Crippen molar-refractivity contribution in [2.75, 3.05) is 20.8 Å². The first-order valence-corrected chi connectivity index (χ1v) is 5.50. The smallest absolute Gasteiger partial charge is 0.168 e. The monoisotopic (exact) mass is 237 g/mol. The van der Waals surface area contributed by atoms with Crippen LogP contribution < -0.4 is 10.5 Å². The largest absolute Gasteiger partial charge is 0.496 e. The first kappa shape index (κ1) is 13.7. The van der Waals surface area contributed by atoms with Crippen LogP contribution in [0, 0.1) is 6.92 Å². The number of benzene rings is 1. The molecule has 1 aromatic carbocycles. The Kier molecular flexibility index (Phi) is 5.12. The Balaban J connectivity index is 2.83. The highest BCUT2D eigenvalue weighted by Crippen LogP contribution is 2.21. The van der Waals surface area contributed by atoms with Crippen molar-refractivity contribution in [1.29, 1.82) is 0 Å². The summed E-state index contributed by atoms with van der Waals surface area (Å²) in [5.74, 6) is 0.570. The summed E-state index contributed by atoms with van der Waals surface area (Å²) in [7, 11) is 3.12. The van der Waals surface area contributed by atoms with Crippen molar-refractivity contribution in [1.82, 2.24) is 0 Å². The third-order valence-corrected chi connectivity index (χ3v) is 2.48. The first-order valence-electron chi connectivity index (χ1n) is 5.50. The van der Waals surface area contributed by atoms with Crippen molar-refractivity contribution in [3.05, 3.63) is 29.3 Å². The Morgan fingerprint density at radius 2 is 2.12 bits per heavy atom. The molecule has 4 heteroatoms. The van der Waals surface area contributed by atoms with Gasteiger partial charge in [0.15, 0.2) is 5.78 Å². The van der Waals surface area contributed by atoms with Crippen LogP contribution in [-0.4, -0.2) is 32.7 Å². The molecule has 4 nitrogen and oxygen atoms in total. The number of nitrogens with two attached hydrogens (primary N) is 1. The summed E-state index contributed by atoms with van der Waals surface area (Å²) in [6, 6.07) is 5.24. The van der Waals surface area contributed by atoms with E-state index in [9.17, 15) is 4.79 Å². The Morgan fingerprint density at radius 1 is 1.41 bits per heavy atom. The van der Waals surface area contributed by atoms with Gasteiger partial charge >= 0.3 is 0 Å². The Labute approximate surface area is 102 Å². The standard InChI is InChI=1S/C13H19NO3/c1-9-4-5-13(17-3)11(6-9)12(15)7-10(14)8-16-2/h4-6,10H,7-8,14H2,1-3H3. The molecule has 0 saturated heterocycles. The second-order valence-corrected chi connectivity index (χ2v) is 4.05. The minimum atomic E-state index is -0.280. The number of methoxy groups -OCH3 is 2. The van der Waals surface area contributed by atoms with Crippen LogP contribution in [0.15, 0.2) is 18.2 Å². The van der Waals surface area contributed by atoms with E-state index in [-0.39, 0.29) is 18.2 Å². The highest BCUT2D eigenvalue weighted by molar-refractivity contribution is 5.99. The molecule has 0 aliphatic carbocycles. The van der Waals surface area contributed by atoms with Crippen LogP contribution in [0.3, 0.4) is 0 Å². The van der Waals surface area contributed by atoms with Crippen LogP contribution in [0.4, 0.5) is 0 Å². The van der Waals surface area contributed by atoms with Crippen LogP contribution in [0.25, 0.3) is 0 Å². The average Bonchev–Trinajstić information content (AvgIpc) is 2.29. The Bertz CT molecular complexity index is 390. The molecule has 0 aliphatic heterocycles.